The Morgan fingerprint density at radius 1 is 0.933 bits per heavy atom. The maximum Gasteiger partial charge on any atom is 0.391 e. The lowest BCUT2D eigenvalue weighted by atomic mass is 10.0. The molecule has 0 aromatic heterocycles. The van der Waals surface area contributed by atoms with Crippen molar-refractivity contribution in [3.63, 3.8) is 0 Å². The minimum atomic E-state index is -4.01. The lowest BCUT2D eigenvalue weighted by Crippen LogP contribution is -2.19. The average Bonchev–Trinajstić information content (AvgIpc) is 2.14. The minimum Gasteiger partial charge on any atom is -0.171 e. The van der Waals surface area contributed by atoms with Crippen molar-refractivity contribution in [3.8, 4) is 0 Å². The Kier molecular flexibility index (Phi) is 7.89. The van der Waals surface area contributed by atoms with Gasteiger partial charge >= 0.3 is 6.18 Å². The summed E-state index contributed by atoms with van der Waals surface area (Å²) in [5.74, 6) is -1.14. The molecule has 0 amide bonds. The third-order valence-electron chi connectivity index (χ3n) is 2.70. The van der Waals surface area contributed by atoms with E-state index in [4.69, 9.17) is 0 Å². The van der Waals surface area contributed by atoms with Gasteiger partial charge in [-0.2, -0.15) is 13.2 Å². The molecule has 0 heterocycles. The van der Waals surface area contributed by atoms with Gasteiger partial charge in [0.2, 0.25) is 0 Å². The molecule has 15 heavy (non-hydrogen) atoms. The zero-order chi connectivity index (χ0) is 11.7. The Hall–Kier alpha value is -0.210. The maximum atomic E-state index is 12.1. The topological polar surface area (TPSA) is 0 Å². The number of alkyl halides is 3. The molecule has 0 saturated heterocycles. The zero-order valence-electron chi connectivity index (χ0n) is 9.58. The van der Waals surface area contributed by atoms with Crippen LogP contribution in [-0.2, 0) is 0 Å². The van der Waals surface area contributed by atoms with Crippen LogP contribution in [0.3, 0.4) is 0 Å². The van der Waals surface area contributed by atoms with Crippen molar-refractivity contribution in [1.29, 1.82) is 0 Å². The molecule has 0 N–H and O–H groups in total. The predicted octanol–water partition coefficient (Wildman–Crippen LogP) is 5.14. The standard InChI is InChI=1S/C12H22F3/c1-3-4-5-6-7-8-9-10-11(2)12(13,14)15/h11H,1,3-10H2,2H3. The highest BCUT2D eigenvalue weighted by Crippen LogP contribution is 2.29. The molecule has 0 bridgehead atoms. The number of unbranched alkanes of at least 4 members (excludes halogenated alkanes) is 6. The predicted molar refractivity (Wildman–Crippen MR) is 57.5 cm³/mol. The molecule has 1 unspecified atom stereocenters. The summed E-state index contributed by atoms with van der Waals surface area (Å²) >= 11 is 0. The van der Waals surface area contributed by atoms with Gasteiger partial charge < -0.3 is 0 Å². The monoisotopic (exact) mass is 223 g/mol. The first kappa shape index (κ1) is 14.8. The highest BCUT2D eigenvalue weighted by Gasteiger charge is 2.34. The van der Waals surface area contributed by atoms with Crippen molar-refractivity contribution in [2.75, 3.05) is 0 Å². The summed E-state index contributed by atoms with van der Waals surface area (Å²) in [5, 5.41) is 0. The summed E-state index contributed by atoms with van der Waals surface area (Å²) in [5.41, 5.74) is 0. The van der Waals surface area contributed by atoms with Crippen LogP contribution in [0.4, 0.5) is 13.2 Å². The van der Waals surface area contributed by atoms with E-state index >= 15 is 0 Å². The molecular formula is C12H22F3. The Morgan fingerprint density at radius 2 is 1.40 bits per heavy atom. The second-order valence-corrected chi connectivity index (χ2v) is 4.21. The van der Waals surface area contributed by atoms with E-state index in [-0.39, 0.29) is 6.42 Å². The number of hydrogen-bond acceptors (Lipinski definition) is 0. The lowest BCUT2D eigenvalue weighted by molar-refractivity contribution is -0.171. The molecule has 0 aliphatic heterocycles. The number of halogens is 3. The van der Waals surface area contributed by atoms with Crippen molar-refractivity contribution < 1.29 is 13.2 Å². The summed E-state index contributed by atoms with van der Waals surface area (Å²) in [4.78, 5) is 0. The van der Waals surface area contributed by atoms with E-state index in [9.17, 15) is 13.2 Å². The third kappa shape index (κ3) is 8.76. The Bertz CT molecular complexity index is 140. The van der Waals surface area contributed by atoms with Crippen LogP contribution in [0.25, 0.3) is 0 Å². The van der Waals surface area contributed by atoms with Gasteiger partial charge in [-0.1, -0.05) is 58.8 Å². The first-order chi connectivity index (χ1) is 6.98. The molecule has 3 heteroatoms. The Labute approximate surface area is 91.3 Å². The highest BCUT2D eigenvalue weighted by molar-refractivity contribution is 4.62. The van der Waals surface area contributed by atoms with Crippen molar-refractivity contribution in [3.05, 3.63) is 6.92 Å². The van der Waals surface area contributed by atoms with Gasteiger partial charge in [0.15, 0.2) is 0 Å². The van der Waals surface area contributed by atoms with Gasteiger partial charge in [-0.15, -0.1) is 0 Å². The molecule has 0 rings (SSSR count). The van der Waals surface area contributed by atoms with Crippen LogP contribution < -0.4 is 0 Å². The fourth-order valence-corrected chi connectivity index (χ4v) is 1.50. The lowest BCUT2D eigenvalue weighted by Gasteiger charge is -2.14. The maximum absolute atomic E-state index is 12.1. The smallest absolute Gasteiger partial charge is 0.171 e. The molecule has 91 valence electrons. The molecule has 0 saturated carbocycles. The van der Waals surface area contributed by atoms with E-state index in [1.54, 1.807) is 0 Å². The molecule has 0 aromatic carbocycles. The second-order valence-electron chi connectivity index (χ2n) is 4.21. The SMILES string of the molecule is [CH2]CCCCCCCCC(C)C(F)(F)F. The van der Waals surface area contributed by atoms with Gasteiger partial charge in [0.05, 0.1) is 5.92 Å². The van der Waals surface area contributed by atoms with E-state index in [1.807, 2.05) is 0 Å². The van der Waals surface area contributed by atoms with Crippen LogP contribution in [0.2, 0.25) is 0 Å². The Morgan fingerprint density at radius 3 is 1.87 bits per heavy atom. The van der Waals surface area contributed by atoms with Crippen molar-refractivity contribution >= 4 is 0 Å². The molecule has 0 aliphatic carbocycles. The molecule has 0 spiro atoms. The van der Waals surface area contributed by atoms with Gasteiger partial charge in [0, 0.05) is 0 Å². The Balaban J connectivity index is 3.24. The van der Waals surface area contributed by atoms with Gasteiger partial charge in [-0.3, -0.25) is 0 Å². The van der Waals surface area contributed by atoms with Crippen LogP contribution in [0, 0.1) is 12.8 Å². The number of hydrogen-bond donors (Lipinski definition) is 0. The summed E-state index contributed by atoms with van der Waals surface area (Å²) in [7, 11) is 0. The first-order valence-corrected chi connectivity index (χ1v) is 5.84. The normalized spacial score (nSPS) is 14.2. The third-order valence-corrected chi connectivity index (χ3v) is 2.70. The zero-order valence-corrected chi connectivity index (χ0v) is 9.58. The van der Waals surface area contributed by atoms with Crippen LogP contribution in [0.1, 0.15) is 58.3 Å². The van der Waals surface area contributed by atoms with Crippen molar-refractivity contribution in [1.82, 2.24) is 0 Å². The van der Waals surface area contributed by atoms with Crippen molar-refractivity contribution in [2.24, 2.45) is 5.92 Å². The van der Waals surface area contributed by atoms with E-state index in [0.29, 0.717) is 6.42 Å². The summed E-state index contributed by atoms with van der Waals surface area (Å²) in [6.07, 6.45) is 3.36. The largest absolute Gasteiger partial charge is 0.391 e. The summed E-state index contributed by atoms with van der Waals surface area (Å²) in [6, 6.07) is 0. The molecule has 1 radical (unpaired) electrons. The molecule has 0 nitrogen and oxygen atoms in total. The van der Waals surface area contributed by atoms with Crippen LogP contribution in [-0.4, -0.2) is 6.18 Å². The molecular weight excluding hydrogens is 201 g/mol. The van der Waals surface area contributed by atoms with Crippen LogP contribution in [0.5, 0.6) is 0 Å². The fraction of sp³-hybridized carbons (Fsp3) is 0.917. The van der Waals surface area contributed by atoms with E-state index < -0.39 is 12.1 Å². The summed E-state index contributed by atoms with van der Waals surface area (Å²) in [6.45, 7) is 5.01. The van der Waals surface area contributed by atoms with E-state index in [1.165, 1.54) is 13.3 Å². The second kappa shape index (κ2) is 8.00. The van der Waals surface area contributed by atoms with Gasteiger partial charge in [-0.05, 0) is 6.42 Å². The molecule has 0 aliphatic rings. The van der Waals surface area contributed by atoms with Gasteiger partial charge in [0.25, 0.3) is 0 Å². The van der Waals surface area contributed by atoms with E-state index in [0.717, 1.165) is 32.1 Å². The number of rotatable bonds is 8. The molecule has 0 aromatic rings. The fourth-order valence-electron chi connectivity index (χ4n) is 1.50. The van der Waals surface area contributed by atoms with Gasteiger partial charge in [-0.25, -0.2) is 0 Å². The first-order valence-electron chi connectivity index (χ1n) is 5.84. The van der Waals surface area contributed by atoms with Crippen molar-refractivity contribution in [2.45, 2.75) is 64.5 Å². The molecule has 0 fully saturated rings. The average molecular weight is 223 g/mol. The molecule has 1 atom stereocenters. The van der Waals surface area contributed by atoms with Crippen LogP contribution in [0.15, 0.2) is 0 Å². The van der Waals surface area contributed by atoms with Gasteiger partial charge in [0.1, 0.15) is 0 Å². The minimum absolute atomic E-state index is 0.277. The highest BCUT2D eigenvalue weighted by atomic mass is 19.4. The quantitative estimate of drug-likeness (QED) is 0.500. The van der Waals surface area contributed by atoms with E-state index in [2.05, 4.69) is 6.92 Å². The summed E-state index contributed by atoms with van der Waals surface area (Å²) < 4.78 is 36.4. The van der Waals surface area contributed by atoms with Crippen LogP contribution >= 0.6 is 0 Å².